The number of methoxy groups -OCH3 is 4. The summed E-state index contributed by atoms with van der Waals surface area (Å²) in [5.41, 5.74) is 5.23. The lowest BCUT2D eigenvalue weighted by molar-refractivity contribution is 0.201. The van der Waals surface area contributed by atoms with Crippen LogP contribution in [0.4, 0.5) is 0 Å². The molecule has 372 valence electrons. The van der Waals surface area contributed by atoms with Gasteiger partial charge in [0.25, 0.3) is 11.1 Å². The average molecular weight is 990 g/mol. The molecule has 16 nitrogen and oxygen atoms in total. The quantitative estimate of drug-likeness (QED) is 0.107. The first kappa shape index (κ1) is 48.8. The predicted molar refractivity (Wildman–Crippen MR) is 283 cm³/mol. The summed E-state index contributed by atoms with van der Waals surface area (Å²) in [5, 5.41) is 39.5. The summed E-state index contributed by atoms with van der Waals surface area (Å²) in [6, 6.07) is 33.0. The fourth-order valence-corrected chi connectivity index (χ4v) is 9.92. The van der Waals surface area contributed by atoms with E-state index in [9.17, 15) is 24.9 Å². The molecule has 11 rings (SSSR count). The van der Waals surface area contributed by atoms with E-state index in [0.717, 1.165) is 49.5 Å². The second-order valence-corrected chi connectivity index (χ2v) is 17.6. The summed E-state index contributed by atoms with van der Waals surface area (Å²) < 4.78 is 24.9. The number of rotatable bonds is 12. The van der Waals surface area contributed by atoms with Crippen LogP contribution >= 0.6 is 0 Å². The van der Waals surface area contributed by atoms with E-state index in [1.165, 1.54) is 9.25 Å². The molecule has 0 spiro atoms. The molecule has 0 radical (unpaired) electrons. The van der Waals surface area contributed by atoms with Crippen molar-refractivity contribution in [1.82, 2.24) is 29.3 Å². The Bertz CT molecular complexity index is 3810. The Morgan fingerprint density at radius 3 is 2.04 bits per heavy atom. The van der Waals surface area contributed by atoms with E-state index in [-0.39, 0.29) is 48.8 Å². The molecule has 1 aliphatic heterocycles. The van der Waals surface area contributed by atoms with Crippen LogP contribution in [0.1, 0.15) is 23.1 Å². The highest BCUT2D eigenvalue weighted by Crippen LogP contribution is 2.42. The zero-order chi connectivity index (χ0) is 51.5. The lowest BCUT2D eigenvalue weighted by Crippen LogP contribution is -2.35. The van der Waals surface area contributed by atoms with E-state index in [0.29, 0.717) is 68.7 Å². The Balaban J connectivity index is 0.000000170. The van der Waals surface area contributed by atoms with Gasteiger partial charge in [-0.2, -0.15) is 9.78 Å². The fourth-order valence-electron chi connectivity index (χ4n) is 9.92. The Kier molecular flexibility index (Phi) is 13.9. The molecule has 74 heavy (non-hydrogen) atoms. The summed E-state index contributed by atoms with van der Waals surface area (Å²) in [7, 11) is 6.35. The first-order valence-corrected chi connectivity index (χ1v) is 23.8. The fraction of sp³-hybridized carbons (Fsp3) is 0.190. The van der Waals surface area contributed by atoms with Gasteiger partial charge in [-0.1, -0.05) is 36.4 Å². The summed E-state index contributed by atoms with van der Waals surface area (Å²) >= 11 is 0. The maximum absolute atomic E-state index is 13.6. The van der Waals surface area contributed by atoms with Gasteiger partial charge in [-0.15, -0.1) is 0 Å². The van der Waals surface area contributed by atoms with Crippen molar-refractivity contribution in [2.24, 2.45) is 16.8 Å². The normalized spacial score (nSPS) is 16.1. The number of hydrogen-bond donors (Lipinski definition) is 3. The third-order valence-electron chi connectivity index (χ3n) is 13.5. The van der Waals surface area contributed by atoms with Crippen molar-refractivity contribution in [3.63, 3.8) is 0 Å². The van der Waals surface area contributed by atoms with Crippen molar-refractivity contribution in [3.05, 3.63) is 201 Å². The molecule has 0 saturated heterocycles. The van der Waals surface area contributed by atoms with Crippen LogP contribution in [0.3, 0.4) is 0 Å². The van der Waals surface area contributed by atoms with Gasteiger partial charge in [0.1, 0.15) is 11.5 Å². The van der Waals surface area contributed by atoms with Crippen LogP contribution in [0, 0.1) is 11.8 Å². The molecule has 0 saturated carbocycles. The van der Waals surface area contributed by atoms with Crippen LogP contribution in [0.25, 0.3) is 66.3 Å². The van der Waals surface area contributed by atoms with Crippen molar-refractivity contribution in [1.29, 1.82) is 0 Å². The van der Waals surface area contributed by atoms with E-state index in [4.69, 9.17) is 29.0 Å². The van der Waals surface area contributed by atoms with Gasteiger partial charge in [-0.05, 0) is 136 Å². The van der Waals surface area contributed by atoms with Gasteiger partial charge >= 0.3 is 0 Å². The van der Waals surface area contributed by atoms with Crippen LogP contribution in [0.2, 0.25) is 0 Å². The van der Waals surface area contributed by atoms with Crippen LogP contribution in [-0.4, -0.2) is 91.4 Å². The number of benzene rings is 4. The van der Waals surface area contributed by atoms with Crippen molar-refractivity contribution in [2.45, 2.75) is 25.7 Å². The summed E-state index contributed by atoms with van der Waals surface area (Å²) in [6.45, 7) is -0.583. The van der Waals surface area contributed by atoms with E-state index in [2.05, 4.69) is 15.0 Å². The Morgan fingerprint density at radius 2 is 1.32 bits per heavy atom. The Labute approximate surface area is 424 Å². The number of pyridine rings is 4. The molecule has 16 heteroatoms. The van der Waals surface area contributed by atoms with Gasteiger partial charge in [0, 0.05) is 58.8 Å². The molecule has 3 atom stereocenters. The molecule has 3 N–H and O–H groups in total. The van der Waals surface area contributed by atoms with Gasteiger partial charge in [0.15, 0.2) is 28.8 Å². The molecule has 2 aliphatic rings. The third-order valence-corrected chi connectivity index (χ3v) is 13.5. The number of nitrogens with zero attached hydrogens (tertiary/aromatic N) is 7. The molecular formula is C58H51N7O9. The Morgan fingerprint density at radius 1 is 0.622 bits per heavy atom. The van der Waals surface area contributed by atoms with Crippen LogP contribution < -0.4 is 20.6 Å². The molecule has 0 fully saturated rings. The molecule has 0 bridgehead atoms. The number of allylic oxidation sites excluding steroid dienone is 2. The van der Waals surface area contributed by atoms with E-state index >= 15 is 0 Å². The average Bonchev–Trinajstić information content (AvgIpc) is 3.46. The molecule has 6 heterocycles. The second kappa shape index (κ2) is 21.1. The number of aromatic nitrogens is 6. The molecule has 2 unspecified atom stereocenters. The van der Waals surface area contributed by atoms with Crippen molar-refractivity contribution >= 4 is 38.0 Å². The van der Waals surface area contributed by atoms with Gasteiger partial charge in [0.2, 0.25) is 0 Å². The number of aliphatic hydroxyl groups excluding tert-OH is 3. The van der Waals surface area contributed by atoms with Crippen LogP contribution in [0.15, 0.2) is 178 Å². The minimum Gasteiger partial charge on any atom is -0.493 e. The number of hydrogen-bond acceptors (Lipinski definition) is 14. The third kappa shape index (κ3) is 9.06. The summed E-state index contributed by atoms with van der Waals surface area (Å²) in [4.78, 5) is 44.9. The molecule has 4 aromatic carbocycles. The zero-order valence-corrected chi connectivity index (χ0v) is 40.9. The van der Waals surface area contributed by atoms with E-state index in [1.807, 2.05) is 109 Å². The van der Waals surface area contributed by atoms with Crippen LogP contribution in [-0.2, 0) is 22.7 Å². The SMILES string of the molecule is COC1=CC2C[C@@H](CO)N=C(c3ccnc(-n4nc(-c5cccnc5)c5ccccc5c4=O)c3)C2C=C1OC.COc1cc2cc(CO)c(CO)c(-c3ccnc(-n4ccc5ccccc5c4=O)c3)c2cc1OC. The number of aliphatic imine (C=N–C) groups is 1. The van der Waals surface area contributed by atoms with Gasteiger partial charge in [0.05, 0.1) is 65.4 Å². The summed E-state index contributed by atoms with van der Waals surface area (Å²) in [6.07, 6.45) is 13.1. The smallest absolute Gasteiger partial charge is 0.280 e. The van der Waals surface area contributed by atoms with Crippen molar-refractivity contribution in [2.75, 3.05) is 35.0 Å². The van der Waals surface area contributed by atoms with Gasteiger partial charge < -0.3 is 34.3 Å². The minimum absolute atomic E-state index is 0.0676. The zero-order valence-electron chi connectivity index (χ0n) is 40.9. The maximum atomic E-state index is 13.6. The standard InChI is InChI=1S/C30H27N5O4.C28H24N2O5/c1-38-25-13-20-12-21(17-36)33-28(24(20)15-26(25)39-2)18-9-11-32-27(14-18)35-30(37)23-8-4-3-7-22(23)29(34-35)19-6-5-10-31-16-19;1-34-24-12-19-11-20(15-31)23(16-32)27(22(19)14-25(24)35-2)18-7-9-29-26(13-18)30-10-8-17-5-3-4-6-21(17)28(30)33/h3-11,13-16,20-21,24,36H,12,17H2,1-2H3;3-14,31-32H,15-16H2,1-2H3/t20?,21-,24?;/m0./s1. The molecule has 1 aliphatic carbocycles. The molecule has 5 aromatic heterocycles. The maximum Gasteiger partial charge on any atom is 0.280 e. The molecular weight excluding hydrogens is 939 g/mol. The first-order chi connectivity index (χ1) is 36.2. The van der Waals surface area contributed by atoms with Gasteiger partial charge in [-0.3, -0.25) is 24.1 Å². The summed E-state index contributed by atoms with van der Waals surface area (Å²) in [5.74, 6) is 3.21. The highest BCUT2D eigenvalue weighted by atomic mass is 16.5. The number of aliphatic hydroxyl groups is 3. The van der Waals surface area contributed by atoms with Gasteiger partial charge in [-0.25, -0.2) is 9.97 Å². The minimum atomic E-state index is -0.275. The highest BCUT2D eigenvalue weighted by Gasteiger charge is 2.36. The topological polar surface area (TPSA) is 206 Å². The largest absolute Gasteiger partial charge is 0.493 e. The predicted octanol–water partition coefficient (Wildman–Crippen LogP) is 7.91. The van der Waals surface area contributed by atoms with E-state index in [1.54, 1.807) is 71.6 Å². The lowest BCUT2D eigenvalue weighted by Gasteiger charge is -2.35. The lowest BCUT2D eigenvalue weighted by atomic mass is 9.76. The van der Waals surface area contributed by atoms with Crippen molar-refractivity contribution < 1.29 is 34.3 Å². The number of fused-ring (bicyclic) bond motifs is 4. The van der Waals surface area contributed by atoms with E-state index < -0.39 is 0 Å². The molecule has 0 amide bonds. The highest BCUT2D eigenvalue weighted by molar-refractivity contribution is 6.05. The Hall–Kier alpha value is -8.83. The monoisotopic (exact) mass is 989 g/mol. The number of ether oxygens (including phenoxy) is 4. The van der Waals surface area contributed by atoms with Crippen molar-refractivity contribution in [3.8, 4) is 45.5 Å². The first-order valence-electron chi connectivity index (χ1n) is 23.8. The van der Waals surface area contributed by atoms with Crippen LogP contribution in [0.5, 0.6) is 11.5 Å². The second-order valence-electron chi connectivity index (χ2n) is 17.6. The molecule has 9 aromatic rings.